The van der Waals surface area contributed by atoms with Crippen LogP contribution in [0.15, 0.2) is 72.8 Å². The maximum atomic E-state index is 13.8. The highest BCUT2D eigenvalue weighted by atomic mass is 35.5. The van der Waals surface area contributed by atoms with Crippen LogP contribution in [0.25, 0.3) is 0 Å². The molecule has 0 heterocycles. The number of benzene rings is 3. The maximum Gasteiger partial charge on any atom is 0.243 e. The molecule has 0 saturated heterocycles. The summed E-state index contributed by atoms with van der Waals surface area (Å²) in [6.45, 7) is 2.94. The fourth-order valence-electron chi connectivity index (χ4n) is 4.32. The molecule has 3 rings (SSSR count). The summed E-state index contributed by atoms with van der Waals surface area (Å²) in [5, 5.41) is 3.64. The van der Waals surface area contributed by atoms with Gasteiger partial charge in [-0.2, -0.15) is 0 Å². The topological polar surface area (TPSA) is 67.9 Å². The average Bonchev–Trinajstić information content (AvgIpc) is 2.94. The molecule has 0 radical (unpaired) electrons. The van der Waals surface area contributed by atoms with Gasteiger partial charge in [0.25, 0.3) is 0 Å². The number of nitrogens with one attached hydrogen (secondary N) is 1. The number of methoxy groups -OCH3 is 2. The van der Waals surface area contributed by atoms with Crippen LogP contribution in [-0.2, 0) is 29.0 Å². The van der Waals surface area contributed by atoms with E-state index in [2.05, 4.69) is 12.2 Å². The number of hydrogen-bond acceptors (Lipinski definition) is 4. The molecule has 1 atom stereocenters. The van der Waals surface area contributed by atoms with Crippen molar-refractivity contribution in [2.45, 2.75) is 51.6 Å². The molecule has 2 amide bonds. The molecule has 0 saturated carbocycles. The third kappa shape index (κ3) is 8.52. The lowest BCUT2D eigenvalue weighted by Crippen LogP contribution is -2.50. The van der Waals surface area contributed by atoms with Gasteiger partial charge in [0.15, 0.2) is 11.5 Å². The van der Waals surface area contributed by atoms with Crippen molar-refractivity contribution in [3.63, 3.8) is 0 Å². The van der Waals surface area contributed by atoms with Crippen molar-refractivity contribution >= 4 is 23.4 Å². The lowest BCUT2D eigenvalue weighted by molar-refractivity contribution is -0.141. The summed E-state index contributed by atoms with van der Waals surface area (Å²) in [4.78, 5) is 29.0. The monoisotopic (exact) mass is 536 g/mol. The van der Waals surface area contributed by atoms with Gasteiger partial charge in [-0.3, -0.25) is 9.59 Å². The summed E-state index contributed by atoms with van der Waals surface area (Å²) in [5.41, 5.74) is 2.81. The molecule has 38 heavy (non-hydrogen) atoms. The number of rotatable bonds is 14. The molecule has 0 fully saturated rings. The lowest BCUT2D eigenvalue weighted by Gasteiger charge is -2.32. The fourth-order valence-corrected chi connectivity index (χ4v) is 4.54. The van der Waals surface area contributed by atoms with Crippen molar-refractivity contribution in [3.05, 3.63) is 94.5 Å². The molecule has 202 valence electrons. The van der Waals surface area contributed by atoms with Gasteiger partial charge in [0.05, 0.1) is 14.2 Å². The first-order valence-electron chi connectivity index (χ1n) is 13.0. The molecule has 7 heteroatoms. The zero-order chi connectivity index (χ0) is 27.3. The van der Waals surface area contributed by atoms with Crippen LogP contribution in [0, 0.1) is 0 Å². The van der Waals surface area contributed by atoms with E-state index in [9.17, 15) is 9.59 Å². The fraction of sp³-hybridized carbons (Fsp3) is 0.355. The third-order valence-corrected chi connectivity index (χ3v) is 6.65. The molecular weight excluding hydrogens is 500 g/mol. The van der Waals surface area contributed by atoms with Gasteiger partial charge in [-0.15, -0.1) is 0 Å². The van der Waals surface area contributed by atoms with Gasteiger partial charge < -0.3 is 19.7 Å². The van der Waals surface area contributed by atoms with Gasteiger partial charge in [-0.1, -0.05) is 73.5 Å². The normalized spacial score (nSPS) is 11.5. The van der Waals surface area contributed by atoms with Crippen LogP contribution < -0.4 is 14.8 Å². The quantitative estimate of drug-likeness (QED) is 0.263. The second-order valence-corrected chi connectivity index (χ2v) is 9.63. The van der Waals surface area contributed by atoms with Crippen molar-refractivity contribution in [2.24, 2.45) is 0 Å². The van der Waals surface area contributed by atoms with Gasteiger partial charge in [0.2, 0.25) is 11.8 Å². The van der Waals surface area contributed by atoms with Crippen LogP contribution in [0.2, 0.25) is 5.02 Å². The molecular formula is C31H37ClN2O4. The number of nitrogens with zero attached hydrogens (tertiary/aromatic N) is 1. The van der Waals surface area contributed by atoms with E-state index in [1.54, 1.807) is 25.2 Å². The van der Waals surface area contributed by atoms with Crippen molar-refractivity contribution in [2.75, 3.05) is 20.8 Å². The van der Waals surface area contributed by atoms with E-state index in [1.807, 2.05) is 66.7 Å². The van der Waals surface area contributed by atoms with Gasteiger partial charge in [-0.05, 0) is 53.8 Å². The van der Waals surface area contributed by atoms with Gasteiger partial charge in [0, 0.05) is 31.0 Å². The molecule has 0 aliphatic heterocycles. The van der Waals surface area contributed by atoms with E-state index in [-0.39, 0.29) is 24.8 Å². The second kappa shape index (κ2) is 15.0. The first kappa shape index (κ1) is 29.1. The van der Waals surface area contributed by atoms with Gasteiger partial charge in [0.1, 0.15) is 6.04 Å². The molecule has 0 aromatic heterocycles. The Morgan fingerprint density at radius 3 is 2.32 bits per heavy atom. The standard InChI is InChI=1S/C31H37ClN2O4/c1-4-5-18-33-31(36)27(20-23-10-7-6-8-11-23)34(22-25-12-9-13-26(32)19-25)30(35)17-15-24-14-16-28(37-2)29(21-24)38-3/h6-14,16,19,21,27H,4-5,15,17-18,20,22H2,1-3H3,(H,33,36)/t27-/m1/s1. The number of amides is 2. The summed E-state index contributed by atoms with van der Waals surface area (Å²) < 4.78 is 10.7. The van der Waals surface area contributed by atoms with Crippen LogP contribution in [0.4, 0.5) is 0 Å². The van der Waals surface area contributed by atoms with Crippen LogP contribution >= 0.6 is 11.6 Å². The first-order chi connectivity index (χ1) is 18.4. The Kier molecular flexibility index (Phi) is 11.5. The average molecular weight is 537 g/mol. The first-order valence-corrected chi connectivity index (χ1v) is 13.4. The highest BCUT2D eigenvalue weighted by molar-refractivity contribution is 6.30. The lowest BCUT2D eigenvalue weighted by atomic mass is 10.0. The Balaban J connectivity index is 1.89. The molecule has 0 aliphatic carbocycles. The van der Waals surface area contributed by atoms with Crippen LogP contribution in [0.3, 0.4) is 0 Å². The summed E-state index contributed by atoms with van der Waals surface area (Å²) in [6.07, 6.45) is 3.01. The van der Waals surface area contributed by atoms with E-state index in [4.69, 9.17) is 21.1 Å². The maximum absolute atomic E-state index is 13.8. The zero-order valence-corrected chi connectivity index (χ0v) is 23.2. The molecule has 3 aromatic rings. The van der Waals surface area contributed by atoms with Gasteiger partial charge >= 0.3 is 0 Å². The number of aryl methyl sites for hydroxylation is 1. The Morgan fingerprint density at radius 1 is 0.895 bits per heavy atom. The molecule has 0 spiro atoms. The molecule has 0 aliphatic rings. The molecule has 6 nitrogen and oxygen atoms in total. The van der Waals surface area contributed by atoms with E-state index in [0.29, 0.717) is 35.9 Å². The molecule has 3 aromatic carbocycles. The Hall–Kier alpha value is -3.51. The molecule has 0 unspecified atom stereocenters. The van der Waals surface area contributed by atoms with Crippen molar-refractivity contribution in [3.8, 4) is 11.5 Å². The van der Waals surface area contributed by atoms with E-state index >= 15 is 0 Å². The zero-order valence-electron chi connectivity index (χ0n) is 22.4. The number of hydrogen-bond donors (Lipinski definition) is 1. The van der Waals surface area contributed by atoms with Crippen LogP contribution in [0.5, 0.6) is 11.5 Å². The van der Waals surface area contributed by atoms with Crippen molar-refractivity contribution in [1.82, 2.24) is 10.2 Å². The van der Waals surface area contributed by atoms with Crippen molar-refractivity contribution in [1.29, 1.82) is 0 Å². The molecule has 1 N–H and O–H groups in total. The summed E-state index contributed by atoms with van der Waals surface area (Å²) in [7, 11) is 3.18. The van der Waals surface area contributed by atoms with Crippen LogP contribution in [0.1, 0.15) is 42.9 Å². The Labute approximate surface area is 230 Å². The predicted molar refractivity (Wildman–Crippen MR) is 152 cm³/mol. The minimum atomic E-state index is -0.661. The minimum Gasteiger partial charge on any atom is -0.493 e. The number of ether oxygens (including phenoxy) is 2. The number of carbonyl (C=O) groups is 2. The highest BCUT2D eigenvalue weighted by Crippen LogP contribution is 2.28. The molecule has 0 bridgehead atoms. The minimum absolute atomic E-state index is 0.105. The largest absolute Gasteiger partial charge is 0.493 e. The third-order valence-electron chi connectivity index (χ3n) is 6.42. The Bertz CT molecular complexity index is 1190. The number of unbranched alkanes of at least 4 members (excludes halogenated alkanes) is 1. The summed E-state index contributed by atoms with van der Waals surface area (Å²) in [5.74, 6) is 0.998. The number of halogens is 1. The second-order valence-electron chi connectivity index (χ2n) is 9.19. The number of carbonyl (C=O) groups excluding carboxylic acids is 2. The summed E-state index contributed by atoms with van der Waals surface area (Å²) in [6, 6.07) is 22.2. The summed E-state index contributed by atoms with van der Waals surface area (Å²) >= 11 is 6.25. The van der Waals surface area contributed by atoms with E-state index < -0.39 is 6.04 Å². The highest BCUT2D eigenvalue weighted by Gasteiger charge is 2.30. The van der Waals surface area contributed by atoms with Crippen LogP contribution in [-0.4, -0.2) is 43.5 Å². The van der Waals surface area contributed by atoms with E-state index in [0.717, 1.165) is 29.5 Å². The smallest absolute Gasteiger partial charge is 0.243 e. The van der Waals surface area contributed by atoms with Crippen molar-refractivity contribution < 1.29 is 19.1 Å². The Morgan fingerprint density at radius 2 is 1.63 bits per heavy atom. The SMILES string of the molecule is CCCCNC(=O)[C@@H](Cc1ccccc1)N(Cc1cccc(Cl)c1)C(=O)CCc1ccc(OC)c(OC)c1. The van der Waals surface area contributed by atoms with E-state index in [1.165, 1.54) is 0 Å². The predicted octanol–water partition coefficient (Wildman–Crippen LogP) is 5.85. The van der Waals surface area contributed by atoms with Gasteiger partial charge in [-0.25, -0.2) is 0 Å².